The number of nitrogens with zero attached hydrogens (tertiary/aromatic N) is 6. The Labute approximate surface area is 159 Å². The van der Waals surface area contributed by atoms with Gasteiger partial charge in [0.05, 0.1) is 5.69 Å². The van der Waals surface area contributed by atoms with Crippen molar-refractivity contribution in [1.29, 1.82) is 0 Å². The van der Waals surface area contributed by atoms with Crippen LogP contribution in [0.3, 0.4) is 0 Å². The van der Waals surface area contributed by atoms with E-state index >= 15 is 0 Å². The Morgan fingerprint density at radius 2 is 2.31 bits per heavy atom. The molecule has 10 heteroatoms. The molecule has 0 amide bonds. The molecule has 0 unspecified atom stereocenters. The zero-order chi connectivity index (χ0) is 18.1. The van der Waals surface area contributed by atoms with E-state index in [9.17, 15) is 4.79 Å². The van der Waals surface area contributed by atoms with Crippen LogP contribution in [0, 0.1) is 0 Å². The van der Waals surface area contributed by atoms with Crippen LogP contribution in [0.5, 0.6) is 0 Å². The van der Waals surface area contributed by atoms with Gasteiger partial charge < -0.3 is 9.88 Å². The fraction of sp³-hybridized carbons (Fsp3) is 0.562. The molecule has 0 radical (unpaired) electrons. The van der Waals surface area contributed by atoms with Gasteiger partial charge in [-0.2, -0.15) is 9.61 Å². The van der Waals surface area contributed by atoms with Gasteiger partial charge in [0, 0.05) is 31.3 Å². The highest BCUT2D eigenvalue weighted by atomic mass is 32.2. The Bertz CT molecular complexity index is 971. The molecule has 3 aromatic rings. The summed E-state index contributed by atoms with van der Waals surface area (Å²) in [6.45, 7) is 4.06. The van der Waals surface area contributed by atoms with Crippen LogP contribution >= 0.6 is 23.1 Å². The molecule has 0 bridgehead atoms. The monoisotopic (exact) mass is 391 g/mol. The molecule has 26 heavy (non-hydrogen) atoms. The molecule has 8 nitrogen and oxygen atoms in total. The molecule has 3 aromatic heterocycles. The lowest BCUT2D eigenvalue weighted by Gasteiger charge is -2.21. The van der Waals surface area contributed by atoms with Gasteiger partial charge in [0.2, 0.25) is 4.96 Å². The van der Waals surface area contributed by atoms with E-state index in [0.29, 0.717) is 16.6 Å². The number of thioether (sulfide) groups is 1. The van der Waals surface area contributed by atoms with Crippen molar-refractivity contribution in [2.24, 2.45) is 7.05 Å². The summed E-state index contributed by atoms with van der Waals surface area (Å²) in [6, 6.07) is 1.56. The van der Waals surface area contributed by atoms with E-state index < -0.39 is 0 Å². The first kappa shape index (κ1) is 17.6. The molecule has 4 rings (SSSR count). The summed E-state index contributed by atoms with van der Waals surface area (Å²) < 4.78 is 3.45. The van der Waals surface area contributed by atoms with Crippen molar-refractivity contribution in [1.82, 2.24) is 34.7 Å². The highest BCUT2D eigenvalue weighted by Gasteiger charge is 2.21. The van der Waals surface area contributed by atoms with Crippen LogP contribution in [0.1, 0.15) is 42.2 Å². The van der Waals surface area contributed by atoms with E-state index in [4.69, 9.17) is 0 Å². The maximum Gasteiger partial charge on any atom is 0.275 e. The standard InChI is InChI=1S/C16H21N7OS2/c1-3-12-21-23-13(24)7-11(18-15(23)26-12)9-25-16-20-19-14(22(16)2)10-5-4-6-17-8-10/h7,10,17H,3-6,8-9H2,1-2H3/t10-/m1/s1. The van der Waals surface area contributed by atoms with Gasteiger partial charge in [0.25, 0.3) is 5.56 Å². The van der Waals surface area contributed by atoms with E-state index in [0.717, 1.165) is 47.6 Å². The number of fused-ring (bicyclic) bond motifs is 1. The van der Waals surface area contributed by atoms with Gasteiger partial charge in [0.1, 0.15) is 10.8 Å². The van der Waals surface area contributed by atoms with E-state index in [-0.39, 0.29) is 5.56 Å². The van der Waals surface area contributed by atoms with E-state index in [1.807, 2.05) is 14.0 Å². The first-order valence-electron chi connectivity index (χ1n) is 8.77. The second-order valence-electron chi connectivity index (χ2n) is 6.36. The molecule has 0 aromatic carbocycles. The SMILES string of the molecule is CCc1nn2c(=O)cc(CSc3nnc([C@@H]4CCCNC4)n3C)nc2s1. The Morgan fingerprint density at radius 1 is 1.42 bits per heavy atom. The van der Waals surface area contributed by atoms with Gasteiger partial charge in [-0.25, -0.2) is 4.98 Å². The molecule has 138 valence electrons. The third-order valence-electron chi connectivity index (χ3n) is 4.52. The number of aryl methyl sites for hydroxylation is 1. The average molecular weight is 392 g/mol. The summed E-state index contributed by atoms with van der Waals surface area (Å²) in [7, 11) is 2.01. The van der Waals surface area contributed by atoms with Crippen LogP contribution in [0.15, 0.2) is 16.0 Å². The van der Waals surface area contributed by atoms with Gasteiger partial charge in [0.15, 0.2) is 5.16 Å². The molecule has 1 aliphatic rings. The van der Waals surface area contributed by atoms with Crippen molar-refractivity contribution in [3.63, 3.8) is 0 Å². The summed E-state index contributed by atoms with van der Waals surface area (Å²) in [5.41, 5.74) is 0.615. The minimum Gasteiger partial charge on any atom is -0.316 e. The summed E-state index contributed by atoms with van der Waals surface area (Å²) in [6.07, 6.45) is 3.11. The molecule has 1 atom stereocenters. The van der Waals surface area contributed by atoms with E-state index in [1.165, 1.54) is 22.3 Å². The van der Waals surface area contributed by atoms with Crippen LogP contribution in [0.2, 0.25) is 0 Å². The number of piperidine rings is 1. The normalized spacial score (nSPS) is 17.8. The smallest absolute Gasteiger partial charge is 0.275 e. The maximum absolute atomic E-state index is 12.2. The lowest BCUT2D eigenvalue weighted by Crippen LogP contribution is -2.29. The quantitative estimate of drug-likeness (QED) is 0.661. The molecular weight excluding hydrogens is 370 g/mol. The molecule has 1 fully saturated rings. The molecule has 0 aliphatic carbocycles. The van der Waals surface area contributed by atoms with Crippen molar-refractivity contribution in [3.05, 3.63) is 32.9 Å². The highest BCUT2D eigenvalue weighted by molar-refractivity contribution is 7.98. The Balaban J connectivity index is 1.51. The van der Waals surface area contributed by atoms with Gasteiger partial charge in [-0.05, 0) is 25.8 Å². The maximum atomic E-state index is 12.2. The minimum absolute atomic E-state index is 0.131. The molecule has 1 aliphatic heterocycles. The molecular formula is C16H21N7OS2. The van der Waals surface area contributed by atoms with Crippen LogP contribution in [0.25, 0.3) is 4.96 Å². The zero-order valence-electron chi connectivity index (χ0n) is 14.8. The highest BCUT2D eigenvalue weighted by Crippen LogP contribution is 2.26. The first-order chi connectivity index (χ1) is 12.7. The molecule has 1 N–H and O–H groups in total. The predicted octanol–water partition coefficient (Wildman–Crippen LogP) is 1.60. The van der Waals surface area contributed by atoms with Crippen LogP contribution in [-0.4, -0.2) is 42.5 Å². The topological polar surface area (TPSA) is 90.0 Å². The van der Waals surface area contributed by atoms with Gasteiger partial charge in [-0.3, -0.25) is 4.79 Å². The van der Waals surface area contributed by atoms with Crippen LogP contribution < -0.4 is 10.9 Å². The Morgan fingerprint density at radius 3 is 3.08 bits per heavy atom. The fourth-order valence-electron chi connectivity index (χ4n) is 3.13. The van der Waals surface area contributed by atoms with Crippen molar-refractivity contribution >= 4 is 28.1 Å². The van der Waals surface area contributed by atoms with E-state index in [2.05, 4.69) is 30.2 Å². The number of nitrogens with one attached hydrogen (secondary N) is 1. The van der Waals surface area contributed by atoms with Gasteiger partial charge in [-0.1, -0.05) is 30.0 Å². The second kappa shape index (κ2) is 7.45. The third-order valence-corrected chi connectivity index (χ3v) is 6.63. The Hall–Kier alpha value is -1.78. The van der Waals surface area contributed by atoms with Crippen molar-refractivity contribution in [3.8, 4) is 0 Å². The number of rotatable bonds is 5. The third kappa shape index (κ3) is 3.40. The lowest BCUT2D eigenvalue weighted by atomic mass is 9.99. The minimum atomic E-state index is -0.131. The number of hydrogen-bond donors (Lipinski definition) is 1. The molecule has 0 spiro atoms. The predicted molar refractivity (Wildman–Crippen MR) is 102 cm³/mol. The molecule has 1 saturated heterocycles. The Kier molecular flexibility index (Phi) is 5.05. The lowest BCUT2D eigenvalue weighted by molar-refractivity contribution is 0.436. The van der Waals surface area contributed by atoms with Crippen molar-refractivity contribution < 1.29 is 0 Å². The summed E-state index contributed by atoms with van der Waals surface area (Å²) in [5.74, 6) is 2.03. The number of aromatic nitrogens is 6. The van der Waals surface area contributed by atoms with E-state index in [1.54, 1.807) is 17.8 Å². The van der Waals surface area contributed by atoms with Gasteiger partial charge >= 0.3 is 0 Å². The number of hydrogen-bond acceptors (Lipinski definition) is 8. The first-order valence-corrected chi connectivity index (χ1v) is 10.6. The second-order valence-corrected chi connectivity index (χ2v) is 8.34. The zero-order valence-corrected chi connectivity index (χ0v) is 16.4. The van der Waals surface area contributed by atoms with Crippen LogP contribution in [0.4, 0.5) is 0 Å². The van der Waals surface area contributed by atoms with Gasteiger partial charge in [-0.15, -0.1) is 10.2 Å². The van der Waals surface area contributed by atoms with Crippen LogP contribution in [-0.2, 0) is 19.2 Å². The average Bonchev–Trinajstić information content (AvgIpc) is 3.24. The summed E-state index contributed by atoms with van der Waals surface area (Å²) >= 11 is 3.02. The largest absolute Gasteiger partial charge is 0.316 e. The fourth-order valence-corrected chi connectivity index (χ4v) is 4.80. The summed E-state index contributed by atoms with van der Waals surface area (Å²) in [5, 5.41) is 18.2. The summed E-state index contributed by atoms with van der Waals surface area (Å²) in [4.78, 5) is 17.5. The molecule has 4 heterocycles. The van der Waals surface area contributed by atoms with Crippen molar-refractivity contribution in [2.45, 2.75) is 43.0 Å². The molecule has 0 saturated carbocycles. The van der Waals surface area contributed by atoms with Crippen molar-refractivity contribution in [2.75, 3.05) is 13.1 Å².